The van der Waals surface area contributed by atoms with Crippen LogP contribution < -0.4 is 10.7 Å². The molecule has 4 aromatic rings. The van der Waals surface area contributed by atoms with Crippen molar-refractivity contribution >= 4 is 45.1 Å². The van der Waals surface area contributed by atoms with Gasteiger partial charge in [0.05, 0.1) is 6.21 Å². The van der Waals surface area contributed by atoms with Crippen LogP contribution in [0.4, 0.5) is 0 Å². The normalized spacial score (nSPS) is 11.1. The van der Waals surface area contributed by atoms with E-state index in [0.29, 0.717) is 5.11 Å². The number of hydrazone groups is 1. The largest absolute Gasteiger partial charge is 0.361 e. The van der Waals surface area contributed by atoms with E-state index in [-0.39, 0.29) is 0 Å². The minimum Gasteiger partial charge on any atom is -0.361 e. The number of nitrogens with one attached hydrogen (secondary N) is 2. The van der Waals surface area contributed by atoms with Crippen molar-refractivity contribution in [3.05, 3.63) is 96.1 Å². The monoisotopic (exact) mass is 383 g/mol. The van der Waals surface area contributed by atoms with Crippen LogP contribution in [0.5, 0.6) is 0 Å². The van der Waals surface area contributed by atoms with Crippen molar-refractivity contribution in [2.24, 2.45) is 5.10 Å². The third-order valence-electron chi connectivity index (χ3n) is 4.71. The molecule has 3 nitrogen and oxygen atoms in total. The predicted octanol–water partition coefficient (Wildman–Crippen LogP) is 5.03. The zero-order valence-corrected chi connectivity index (χ0v) is 16.2. The molecule has 0 spiro atoms. The van der Waals surface area contributed by atoms with E-state index in [1.165, 1.54) is 27.1 Å². The van der Waals surface area contributed by atoms with Gasteiger partial charge in [-0.05, 0) is 51.8 Å². The first-order valence-corrected chi connectivity index (χ1v) is 9.73. The highest BCUT2D eigenvalue weighted by Crippen LogP contribution is 2.27. The van der Waals surface area contributed by atoms with Crippen LogP contribution in [0.3, 0.4) is 0 Å². The average Bonchev–Trinajstić information content (AvgIpc) is 2.74. The fourth-order valence-electron chi connectivity index (χ4n) is 3.35. The molecular formula is C24H21N3S. The van der Waals surface area contributed by atoms with Gasteiger partial charge < -0.3 is 5.32 Å². The molecule has 0 saturated heterocycles. The van der Waals surface area contributed by atoms with Gasteiger partial charge in [-0.25, -0.2) is 0 Å². The van der Waals surface area contributed by atoms with Gasteiger partial charge in [0, 0.05) is 12.1 Å². The van der Waals surface area contributed by atoms with E-state index in [9.17, 15) is 0 Å². The van der Waals surface area contributed by atoms with Gasteiger partial charge in [-0.1, -0.05) is 78.9 Å². The average molecular weight is 384 g/mol. The van der Waals surface area contributed by atoms with E-state index < -0.39 is 0 Å². The first kappa shape index (κ1) is 18.1. The Hall–Kier alpha value is -3.24. The van der Waals surface area contributed by atoms with Gasteiger partial charge in [-0.2, -0.15) is 5.10 Å². The van der Waals surface area contributed by atoms with Gasteiger partial charge in [0.15, 0.2) is 5.11 Å². The third-order valence-corrected chi connectivity index (χ3v) is 4.95. The van der Waals surface area contributed by atoms with E-state index in [4.69, 9.17) is 12.2 Å². The van der Waals surface area contributed by atoms with Crippen molar-refractivity contribution in [1.29, 1.82) is 0 Å². The van der Waals surface area contributed by atoms with Gasteiger partial charge >= 0.3 is 0 Å². The Morgan fingerprint density at radius 1 is 0.821 bits per heavy atom. The van der Waals surface area contributed by atoms with Crippen LogP contribution in [-0.2, 0) is 6.42 Å². The topological polar surface area (TPSA) is 36.4 Å². The second-order valence-corrected chi connectivity index (χ2v) is 7.00. The van der Waals surface area contributed by atoms with Gasteiger partial charge in [-0.15, -0.1) is 0 Å². The van der Waals surface area contributed by atoms with Crippen molar-refractivity contribution in [3.8, 4) is 0 Å². The predicted molar refractivity (Wildman–Crippen MR) is 123 cm³/mol. The van der Waals surface area contributed by atoms with Gasteiger partial charge in [0.25, 0.3) is 0 Å². The van der Waals surface area contributed by atoms with Crippen molar-refractivity contribution in [2.75, 3.05) is 6.54 Å². The molecular weight excluding hydrogens is 362 g/mol. The Morgan fingerprint density at radius 3 is 2.11 bits per heavy atom. The summed E-state index contributed by atoms with van der Waals surface area (Å²) >= 11 is 5.34. The fraction of sp³-hybridized carbons (Fsp3) is 0.0833. The summed E-state index contributed by atoms with van der Waals surface area (Å²) < 4.78 is 0. The van der Waals surface area contributed by atoms with Crippen LogP contribution in [0.2, 0.25) is 0 Å². The standard InChI is InChI=1S/C24H21N3S/c28-24(25-15-14-18-8-2-1-3-9-18)27-26-17-23-21-12-6-4-10-19(21)16-20-11-5-7-13-22(20)23/h1-13,16-17H,14-15H2,(H2,25,27,28). The minimum absolute atomic E-state index is 0.525. The number of hydrogen-bond donors (Lipinski definition) is 2. The SMILES string of the molecule is S=C(NCCc1ccccc1)NN=Cc1c2ccccc2cc2ccccc12. The molecule has 0 saturated carbocycles. The highest BCUT2D eigenvalue weighted by molar-refractivity contribution is 7.80. The molecule has 0 aromatic heterocycles. The maximum atomic E-state index is 5.34. The van der Waals surface area contributed by atoms with E-state index >= 15 is 0 Å². The summed E-state index contributed by atoms with van der Waals surface area (Å²) in [5, 5.41) is 12.9. The molecule has 0 radical (unpaired) electrons. The molecule has 0 fully saturated rings. The van der Waals surface area contributed by atoms with Crippen molar-refractivity contribution in [2.45, 2.75) is 6.42 Å². The Balaban J connectivity index is 1.46. The first-order valence-electron chi connectivity index (χ1n) is 9.32. The van der Waals surface area contributed by atoms with Crippen LogP contribution in [-0.4, -0.2) is 17.9 Å². The Labute approximate surface area is 170 Å². The summed E-state index contributed by atoms with van der Waals surface area (Å²) in [6, 6.07) is 29.3. The Morgan fingerprint density at radius 2 is 1.43 bits per heavy atom. The summed E-state index contributed by atoms with van der Waals surface area (Å²) in [5.41, 5.74) is 5.31. The highest BCUT2D eigenvalue weighted by atomic mass is 32.1. The van der Waals surface area contributed by atoms with Crippen LogP contribution in [0.1, 0.15) is 11.1 Å². The first-order chi connectivity index (χ1) is 13.8. The molecule has 2 N–H and O–H groups in total. The summed E-state index contributed by atoms with van der Waals surface area (Å²) in [4.78, 5) is 0. The molecule has 0 aliphatic carbocycles. The van der Waals surface area contributed by atoms with E-state index in [1.54, 1.807) is 0 Å². The van der Waals surface area contributed by atoms with Crippen molar-refractivity contribution in [3.63, 3.8) is 0 Å². The molecule has 0 aliphatic rings. The lowest BCUT2D eigenvalue weighted by molar-refractivity contribution is 0.838. The van der Waals surface area contributed by atoms with E-state index in [1.807, 2.05) is 24.4 Å². The zero-order chi connectivity index (χ0) is 19.2. The summed E-state index contributed by atoms with van der Waals surface area (Å²) in [7, 11) is 0. The molecule has 0 unspecified atom stereocenters. The Kier molecular flexibility index (Phi) is 5.59. The second kappa shape index (κ2) is 8.63. The van der Waals surface area contributed by atoms with Crippen LogP contribution >= 0.6 is 12.2 Å². The molecule has 4 rings (SSSR count). The molecule has 0 atom stereocenters. The lowest BCUT2D eigenvalue weighted by Crippen LogP contribution is -2.33. The van der Waals surface area contributed by atoms with Crippen molar-refractivity contribution in [1.82, 2.24) is 10.7 Å². The van der Waals surface area contributed by atoms with E-state index in [2.05, 4.69) is 82.6 Å². The van der Waals surface area contributed by atoms with Crippen molar-refractivity contribution < 1.29 is 0 Å². The molecule has 0 aliphatic heterocycles. The summed E-state index contributed by atoms with van der Waals surface area (Å²) in [5.74, 6) is 0. The number of hydrogen-bond acceptors (Lipinski definition) is 2. The maximum Gasteiger partial charge on any atom is 0.186 e. The molecule has 0 amide bonds. The lowest BCUT2D eigenvalue weighted by Gasteiger charge is -2.09. The smallest absolute Gasteiger partial charge is 0.186 e. The third kappa shape index (κ3) is 4.18. The molecule has 4 heteroatoms. The Bertz CT molecular complexity index is 1080. The van der Waals surface area contributed by atoms with Crippen LogP contribution in [0.15, 0.2) is 90.0 Å². The number of rotatable bonds is 5. The maximum absolute atomic E-state index is 5.34. The molecule has 0 heterocycles. The van der Waals surface area contributed by atoms with Gasteiger partial charge in [0.1, 0.15) is 0 Å². The van der Waals surface area contributed by atoms with E-state index in [0.717, 1.165) is 18.5 Å². The number of fused-ring (bicyclic) bond motifs is 2. The molecule has 138 valence electrons. The highest BCUT2D eigenvalue weighted by Gasteiger charge is 2.05. The van der Waals surface area contributed by atoms with Gasteiger partial charge in [-0.3, -0.25) is 5.43 Å². The molecule has 0 bridgehead atoms. The molecule has 4 aromatic carbocycles. The lowest BCUT2D eigenvalue weighted by atomic mass is 9.97. The minimum atomic E-state index is 0.525. The number of nitrogens with zero attached hydrogens (tertiary/aromatic N) is 1. The summed E-state index contributed by atoms with van der Waals surface area (Å²) in [6.07, 6.45) is 2.77. The molecule has 28 heavy (non-hydrogen) atoms. The number of benzene rings is 4. The number of thiocarbonyl (C=S) groups is 1. The fourth-order valence-corrected chi connectivity index (χ4v) is 3.50. The van der Waals surface area contributed by atoms with Gasteiger partial charge in [0.2, 0.25) is 0 Å². The second-order valence-electron chi connectivity index (χ2n) is 6.59. The quantitative estimate of drug-likeness (QED) is 0.220. The van der Waals surface area contributed by atoms with Crippen LogP contribution in [0.25, 0.3) is 21.5 Å². The zero-order valence-electron chi connectivity index (χ0n) is 15.4. The summed E-state index contributed by atoms with van der Waals surface area (Å²) in [6.45, 7) is 0.766. The van der Waals surface area contributed by atoms with Crippen LogP contribution in [0, 0.1) is 0 Å².